The first-order valence-corrected chi connectivity index (χ1v) is 10.0. The number of pyridine rings is 1. The second kappa shape index (κ2) is 7.91. The summed E-state index contributed by atoms with van der Waals surface area (Å²) in [5, 5.41) is 0.758. The highest BCUT2D eigenvalue weighted by Crippen LogP contribution is 2.32. The largest absolute Gasteiger partial charge is 0.416 e. The van der Waals surface area contributed by atoms with Crippen molar-refractivity contribution in [3.63, 3.8) is 0 Å². The van der Waals surface area contributed by atoms with Gasteiger partial charge < -0.3 is 4.57 Å². The minimum absolute atomic E-state index is 0.397. The van der Waals surface area contributed by atoms with E-state index in [9.17, 15) is 13.2 Å². The molecule has 0 fully saturated rings. The summed E-state index contributed by atoms with van der Waals surface area (Å²) in [5.74, 6) is 0.397. The first-order chi connectivity index (χ1) is 13.9. The van der Waals surface area contributed by atoms with Gasteiger partial charge in [0, 0.05) is 11.9 Å². The van der Waals surface area contributed by atoms with E-state index in [2.05, 4.69) is 33.6 Å². The molecular formula is C22H18F3N3S. The number of thioether (sulfide) groups is 1. The van der Waals surface area contributed by atoms with Gasteiger partial charge in [0.15, 0.2) is 5.16 Å². The molecule has 0 N–H and O–H groups in total. The minimum Gasteiger partial charge on any atom is -0.313 e. The fraction of sp³-hybridized carbons (Fsp3) is 0.182. The van der Waals surface area contributed by atoms with Crippen molar-refractivity contribution >= 4 is 22.8 Å². The van der Waals surface area contributed by atoms with Gasteiger partial charge in [-0.2, -0.15) is 13.2 Å². The van der Waals surface area contributed by atoms with Gasteiger partial charge in [0.2, 0.25) is 0 Å². The number of imidazole rings is 1. The van der Waals surface area contributed by atoms with Crippen molar-refractivity contribution in [2.75, 3.05) is 0 Å². The molecule has 4 rings (SSSR count). The number of nitrogens with zero attached hydrogens (tertiary/aromatic N) is 3. The second-order valence-corrected chi connectivity index (χ2v) is 7.70. The Kier molecular flexibility index (Phi) is 5.32. The molecule has 0 bridgehead atoms. The maximum absolute atomic E-state index is 13.0. The molecule has 29 heavy (non-hydrogen) atoms. The highest BCUT2D eigenvalue weighted by molar-refractivity contribution is 7.98. The number of halogens is 3. The lowest BCUT2D eigenvalue weighted by Gasteiger charge is -2.12. The summed E-state index contributed by atoms with van der Waals surface area (Å²) in [6, 6.07) is 15.4. The molecule has 7 heteroatoms. The van der Waals surface area contributed by atoms with E-state index in [1.807, 2.05) is 18.2 Å². The number of aryl methyl sites for hydroxylation is 1. The molecule has 2 aromatic carbocycles. The van der Waals surface area contributed by atoms with Gasteiger partial charge >= 0.3 is 6.18 Å². The van der Waals surface area contributed by atoms with E-state index in [0.29, 0.717) is 17.9 Å². The van der Waals surface area contributed by atoms with E-state index in [1.54, 1.807) is 18.5 Å². The van der Waals surface area contributed by atoms with E-state index in [-0.39, 0.29) is 0 Å². The van der Waals surface area contributed by atoms with Crippen LogP contribution in [0.15, 0.2) is 72.1 Å². The van der Waals surface area contributed by atoms with Crippen LogP contribution in [0.5, 0.6) is 0 Å². The fourth-order valence-electron chi connectivity index (χ4n) is 3.15. The highest BCUT2D eigenvalue weighted by Gasteiger charge is 2.30. The predicted octanol–water partition coefficient (Wildman–Crippen LogP) is 6.10. The molecule has 148 valence electrons. The van der Waals surface area contributed by atoms with Crippen molar-refractivity contribution in [1.29, 1.82) is 0 Å². The van der Waals surface area contributed by atoms with Gasteiger partial charge in [-0.15, -0.1) is 0 Å². The van der Waals surface area contributed by atoms with Crippen molar-refractivity contribution in [3.8, 4) is 0 Å². The van der Waals surface area contributed by atoms with Crippen LogP contribution >= 0.6 is 11.8 Å². The zero-order valence-electron chi connectivity index (χ0n) is 15.6. The van der Waals surface area contributed by atoms with Gasteiger partial charge in [-0.25, -0.2) is 4.98 Å². The van der Waals surface area contributed by atoms with Gasteiger partial charge in [0.25, 0.3) is 0 Å². The summed E-state index contributed by atoms with van der Waals surface area (Å²) in [6.07, 6.45) is -0.881. The predicted molar refractivity (Wildman–Crippen MR) is 109 cm³/mol. The van der Waals surface area contributed by atoms with Crippen LogP contribution in [0.25, 0.3) is 11.0 Å². The minimum atomic E-state index is -4.34. The Bertz CT molecular complexity index is 1150. The van der Waals surface area contributed by atoms with Crippen LogP contribution in [-0.4, -0.2) is 14.5 Å². The van der Waals surface area contributed by atoms with Crippen LogP contribution in [0.4, 0.5) is 13.2 Å². The number of alkyl halides is 3. The molecule has 0 saturated heterocycles. The Labute approximate surface area is 170 Å². The van der Waals surface area contributed by atoms with Crippen molar-refractivity contribution in [1.82, 2.24) is 14.5 Å². The summed E-state index contributed by atoms with van der Waals surface area (Å²) in [4.78, 5) is 8.90. The molecule has 0 atom stereocenters. The molecule has 0 saturated carbocycles. The molecule has 2 heterocycles. The highest BCUT2D eigenvalue weighted by atomic mass is 32.2. The number of rotatable bonds is 5. The summed E-state index contributed by atoms with van der Waals surface area (Å²) in [5.41, 5.74) is 4.04. The third-order valence-corrected chi connectivity index (χ3v) is 5.78. The zero-order chi connectivity index (χ0) is 20.4. The van der Waals surface area contributed by atoms with E-state index < -0.39 is 11.7 Å². The summed E-state index contributed by atoms with van der Waals surface area (Å²) in [7, 11) is 0. The molecule has 0 radical (unpaired) electrons. The van der Waals surface area contributed by atoms with Crippen molar-refractivity contribution in [3.05, 3.63) is 89.2 Å². The maximum Gasteiger partial charge on any atom is 0.416 e. The molecule has 0 aliphatic heterocycles. The van der Waals surface area contributed by atoms with Gasteiger partial charge in [-0.3, -0.25) is 4.98 Å². The lowest BCUT2D eigenvalue weighted by Crippen LogP contribution is -2.05. The second-order valence-electron chi connectivity index (χ2n) is 6.76. The van der Waals surface area contributed by atoms with Crippen LogP contribution in [0.3, 0.4) is 0 Å². The standard InChI is InChI=1S/C22H18F3N3S/c1-15-5-2-3-7-17(15)13-28-20-12-26-10-9-19(20)27-21(28)29-14-16-6-4-8-18(11-16)22(23,24)25/h2-12H,13-14H2,1H3. The SMILES string of the molecule is Cc1ccccc1Cn1c(SCc2cccc(C(F)(F)F)c2)nc2ccncc21. The number of hydrogen-bond donors (Lipinski definition) is 0. The van der Waals surface area contributed by atoms with E-state index >= 15 is 0 Å². The smallest absolute Gasteiger partial charge is 0.313 e. The van der Waals surface area contributed by atoms with Gasteiger partial charge in [-0.05, 0) is 35.7 Å². The number of fused-ring (bicyclic) bond motifs is 1. The maximum atomic E-state index is 13.0. The average molecular weight is 413 g/mol. The quantitative estimate of drug-likeness (QED) is 0.371. The third-order valence-electron chi connectivity index (χ3n) is 4.73. The molecule has 0 spiro atoms. The Hall–Kier alpha value is -2.80. The van der Waals surface area contributed by atoms with Crippen LogP contribution in [0.2, 0.25) is 0 Å². The van der Waals surface area contributed by atoms with Crippen LogP contribution < -0.4 is 0 Å². The van der Waals surface area contributed by atoms with Gasteiger partial charge in [0.05, 0.1) is 29.3 Å². The van der Waals surface area contributed by atoms with E-state index in [1.165, 1.54) is 29.5 Å². The van der Waals surface area contributed by atoms with E-state index in [0.717, 1.165) is 27.8 Å². The molecule has 4 aromatic rings. The fourth-order valence-corrected chi connectivity index (χ4v) is 4.11. The average Bonchev–Trinajstić information content (AvgIpc) is 3.05. The lowest BCUT2D eigenvalue weighted by molar-refractivity contribution is -0.137. The van der Waals surface area contributed by atoms with Crippen LogP contribution in [0, 0.1) is 6.92 Å². The summed E-state index contributed by atoms with van der Waals surface area (Å²) in [6.45, 7) is 2.68. The van der Waals surface area contributed by atoms with Crippen molar-refractivity contribution in [2.24, 2.45) is 0 Å². The lowest BCUT2D eigenvalue weighted by atomic mass is 10.1. The Morgan fingerprint density at radius 2 is 1.86 bits per heavy atom. The molecule has 3 nitrogen and oxygen atoms in total. The molecule has 0 unspecified atom stereocenters. The van der Waals surface area contributed by atoms with Gasteiger partial charge in [-0.1, -0.05) is 54.2 Å². The Morgan fingerprint density at radius 1 is 1.03 bits per heavy atom. The van der Waals surface area contributed by atoms with Crippen molar-refractivity contribution < 1.29 is 13.2 Å². The van der Waals surface area contributed by atoms with Gasteiger partial charge in [0.1, 0.15) is 0 Å². The Morgan fingerprint density at radius 3 is 2.66 bits per heavy atom. The molecular weight excluding hydrogens is 395 g/mol. The number of aromatic nitrogens is 3. The van der Waals surface area contributed by atoms with Crippen LogP contribution in [0.1, 0.15) is 22.3 Å². The number of hydrogen-bond acceptors (Lipinski definition) is 3. The third kappa shape index (κ3) is 4.29. The first kappa shape index (κ1) is 19.5. The Balaban J connectivity index is 1.65. The molecule has 0 aliphatic rings. The van der Waals surface area contributed by atoms with E-state index in [4.69, 9.17) is 0 Å². The first-order valence-electron chi connectivity index (χ1n) is 9.05. The number of benzene rings is 2. The monoisotopic (exact) mass is 413 g/mol. The molecule has 0 amide bonds. The summed E-state index contributed by atoms with van der Waals surface area (Å²) >= 11 is 1.43. The normalized spacial score (nSPS) is 11.9. The van der Waals surface area contributed by atoms with Crippen molar-refractivity contribution in [2.45, 2.75) is 30.6 Å². The molecule has 0 aliphatic carbocycles. The zero-order valence-corrected chi connectivity index (χ0v) is 16.5. The molecule has 2 aromatic heterocycles. The summed E-state index contributed by atoms with van der Waals surface area (Å²) < 4.78 is 41.0. The topological polar surface area (TPSA) is 30.7 Å². The van der Waals surface area contributed by atoms with Crippen LogP contribution in [-0.2, 0) is 18.5 Å².